The van der Waals surface area contributed by atoms with Crippen LogP contribution in [0.2, 0.25) is 0 Å². The van der Waals surface area contributed by atoms with Gasteiger partial charge in [0.1, 0.15) is 0 Å². The van der Waals surface area contributed by atoms with E-state index < -0.39 is 0 Å². The second-order valence-corrected chi connectivity index (χ2v) is 4.12. The van der Waals surface area contributed by atoms with E-state index in [4.69, 9.17) is 5.73 Å². The Hall–Kier alpha value is -1.61. The highest BCUT2D eigenvalue weighted by Gasteiger charge is 2.14. The third-order valence-electron chi connectivity index (χ3n) is 3.00. The zero-order valence-corrected chi connectivity index (χ0v) is 10.4. The molecule has 1 unspecified atom stereocenters. The molecule has 90 valence electrons. The molecule has 1 atom stereocenters. The van der Waals surface area contributed by atoms with Crippen LogP contribution in [0, 0.1) is 0 Å². The van der Waals surface area contributed by atoms with Crippen molar-refractivity contribution in [2.75, 3.05) is 0 Å². The van der Waals surface area contributed by atoms with Gasteiger partial charge in [0, 0.05) is 6.54 Å². The molecule has 0 saturated carbocycles. The molecule has 1 aromatic carbocycles. The fourth-order valence-electron chi connectivity index (χ4n) is 1.99. The minimum absolute atomic E-state index is 0.0936. The van der Waals surface area contributed by atoms with Gasteiger partial charge < -0.3 is 5.73 Å². The number of nitrogens with zero attached hydrogens (tertiary/aromatic N) is 2. The maximum Gasteiger partial charge on any atom is 0.0723 e. The molecule has 0 aliphatic heterocycles. The van der Waals surface area contributed by atoms with E-state index in [-0.39, 0.29) is 6.04 Å². The van der Waals surface area contributed by atoms with Crippen molar-refractivity contribution in [3.05, 3.63) is 53.3 Å². The first-order valence-electron chi connectivity index (χ1n) is 6.13. The molecule has 1 heterocycles. The van der Waals surface area contributed by atoms with Gasteiger partial charge in [-0.25, -0.2) is 0 Å². The van der Waals surface area contributed by atoms with Crippen LogP contribution >= 0.6 is 0 Å². The zero-order chi connectivity index (χ0) is 12.3. The fraction of sp³-hybridized carbons (Fsp3) is 0.357. The monoisotopic (exact) mass is 229 g/mol. The van der Waals surface area contributed by atoms with Crippen LogP contribution in [-0.4, -0.2) is 9.78 Å². The summed E-state index contributed by atoms with van der Waals surface area (Å²) in [6.07, 6.45) is 0.946. The lowest BCUT2D eigenvalue weighted by atomic mass is 10.0. The molecule has 0 radical (unpaired) electrons. The van der Waals surface area contributed by atoms with E-state index in [0.29, 0.717) is 0 Å². The molecular weight excluding hydrogens is 210 g/mol. The first kappa shape index (κ1) is 11.9. The molecule has 17 heavy (non-hydrogen) atoms. The van der Waals surface area contributed by atoms with Crippen molar-refractivity contribution < 1.29 is 0 Å². The second-order valence-electron chi connectivity index (χ2n) is 4.12. The Morgan fingerprint density at radius 1 is 1.24 bits per heavy atom. The van der Waals surface area contributed by atoms with Crippen molar-refractivity contribution in [3.8, 4) is 0 Å². The van der Waals surface area contributed by atoms with E-state index in [1.807, 2.05) is 22.9 Å². The van der Waals surface area contributed by atoms with E-state index in [0.717, 1.165) is 29.9 Å². The van der Waals surface area contributed by atoms with Gasteiger partial charge in [-0.05, 0) is 25.0 Å². The first-order chi connectivity index (χ1) is 8.26. The van der Waals surface area contributed by atoms with Crippen LogP contribution in [0.3, 0.4) is 0 Å². The van der Waals surface area contributed by atoms with Crippen LogP contribution in [0.25, 0.3) is 0 Å². The van der Waals surface area contributed by atoms with Crippen LogP contribution < -0.4 is 5.73 Å². The minimum atomic E-state index is -0.0936. The summed E-state index contributed by atoms with van der Waals surface area (Å²) in [7, 11) is 0. The van der Waals surface area contributed by atoms with Crippen LogP contribution in [0.4, 0.5) is 0 Å². The Morgan fingerprint density at radius 3 is 2.53 bits per heavy atom. The molecule has 3 nitrogen and oxygen atoms in total. The van der Waals surface area contributed by atoms with Gasteiger partial charge in [0.15, 0.2) is 0 Å². The Morgan fingerprint density at radius 2 is 1.94 bits per heavy atom. The molecular formula is C14H19N3. The summed E-state index contributed by atoms with van der Waals surface area (Å²) in [5.74, 6) is 0. The van der Waals surface area contributed by atoms with Crippen LogP contribution in [0.15, 0.2) is 36.4 Å². The molecule has 0 aliphatic rings. The molecule has 0 saturated heterocycles. The van der Waals surface area contributed by atoms with Gasteiger partial charge in [0.05, 0.1) is 17.4 Å². The van der Waals surface area contributed by atoms with Crippen molar-refractivity contribution in [2.45, 2.75) is 32.9 Å². The van der Waals surface area contributed by atoms with Crippen LogP contribution in [0.1, 0.15) is 36.8 Å². The largest absolute Gasteiger partial charge is 0.319 e. The van der Waals surface area contributed by atoms with E-state index in [1.54, 1.807) is 0 Å². The quantitative estimate of drug-likeness (QED) is 0.875. The maximum atomic E-state index is 6.30. The summed E-state index contributed by atoms with van der Waals surface area (Å²) < 4.78 is 2.00. The topological polar surface area (TPSA) is 43.8 Å². The SMILES string of the molecule is CCc1cc(C(N)c2ccccc2)n(CC)n1. The average Bonchev–Trinajstić information content (AvgIpc) is 2.82. The number of aryl methyl sites for hydroxylation is 2. The Labute approximate surface area is 102 Å². The van der Waals surface area contributed by atoms with Crippen molar-refractivity contribution in [1.82, 2.24) is 9.78 Å². The molecule has 3 heteroatoms. The van der Waals surface area contributed by atoms with Crippen molar-refractivity contribution in [2.24, 2.45) is 5.73 Å². The Bertz CT molecular complexity index is 473. The summed E-state index contributed by atoms with van der Waals surface area (Å²) in [5.41, 5.74) is 9.63. The van der Waals surface area contributed by atoms with Gasteiger partial charge in [-0.15, -0.1) is 0 Å². The molecule has 0 fully saturated rings. The number of aromatic nitrogens is 2. The number of nitrogens with two attached hydrogens (primary N) is 1. The lowest BCUT2D eigenvalue weighted by Crippen LogP contribution is -2.16. The van der Waals surface area contributed by atoms with E-state index in [2.05, 4.69) is 37.1 Å². The lowest BCUT2D eigenvalue weighted by molar-refractivity contribution is 0.595. The van der Waals surface area contributed by atoms with E-state index >= 15 is 0 Å². The summed E-state index contributed by atoms with van der Waals surface area (Å²) in [5, 5.41) is 4.53. The van der Waals surface area contributed by atoms with Gasteiger partial charge in [0.25, 0.3) is 0 Å². The zero-order valence-electron chi connectivity index (χ0n) is 10.4. The number of hydrogen-bond acceptors (Lipinski definition) is 2. The van der Waals surface area contributed by atoms with Crippen LogP contribution in [-0.2, 0) is 13.0 Å². The molecule has 0 amide bonds. The van der Waals surface area contributed by atoms with Crippen molar-refractivity contribution in [1.29, 1.82) is 0 Å². The van der Waals surface area contributed by atoms with Gasteiger partial charge in [-0.1, -0.05) is 37.3 Å². The summed E-state index contributed by atoms with van der Waals surface area (Å²) >= 11 is 0. The van der Waals surface area contributed by atoms with Gasteiger partial charge in [0.2, 0.25) is 0 Å². The summed E-state index contributed by atoms with van der Waals surface area (Å²) in [4.78, 5) is 0. The third-order valence-corrected chi connectivity index (χ3v) is 3.00. The standard InChI is InChI=1S/C14H19N3/c1-3-12-10-13(17(4-2)16-12)14(15)11-8-6-5-7-9-11/h5-10,14H,3-4,15H2,1-2H3. The van der Waals surface area contributed by atoms with Gasteiger partial charge in [-0.3, -0.25) is 4.68 Å². The molecule has 0 bridgehead atoms. The number of hydrogen-bond donors (Lipinski definition) is 1. The number of benzene rings is 1. The van der Waals surface area contributed by atoms with Gasteiger partial charge >= 0.3 is 0 Å². The predicted octanol–water partition coefficient (Wildman–Crippen LogP) is 2.51. The highest BCUT2D eigenvalue weighted by molar-refractivity contribution is 5.28. The van der Waals surface area contributed by atoms with E-state index in [9.17, 15) is 0 Å². The molecule has 2 N–H and O–H groups in total. The molecule has 0 spiro atoms. The van der Waals surface area contributed by atoms with Gasteiger partial charge in [-0.2, -0.15) is 5.10 Å². The average molecular weight is 229 g/mol. The second kappa shape index (κ2) is 5.15. The maximum absolute atomic E-state index is 6.30. The first-order valence-corrected chi connectivity index (χ1v) is 6.13. The highest BCUT2D eigenvalue weighted by Crippen LogP contribution is 2.20. The Balaban J connectivity index is 2.36. The van der Waals surface area contributed by atoms with Crippen molar-refractivity contribution >= 4 is 0 Å². The smallest absolute Gasteiger partial charge is 0.0723 e. The molecule has 0 aliphatic carbocycles. The highest BCUT2D eigenvalue weighted by atomic mass is 15.3. The van der Waals surface area contributed by atoms with Crippen molar-refractivity contribution in [3.63, 3.8) is 0 Å². The minimum Gasteiger partial charge on any atom is -0.319 e. The Kier molecular flexibility index (Phi) is 3.59. The third kappa shape index (κ3) is 2.39. The lowest BCUT2D eigenvalue weighted by Gasteiger charge is -2.13. The fourth-order valence-corrected chi connectivity index (χ4v) is 1.99. The normalized spacial score (nSPS) is 12.6. The van der Waals surface area contributed by atoms with Crippen LogP contribution in [0.5, 0.6) is 0 Å². The number of rotatable bonds is 4. The molecule has 2 rings (SSSR count). The molecule has 1 aromatic heterocycles. The summed E-state index contributed by atoms with van der Waals surface area (Å²) in [6.45, 7) is 5.06. The predicted molar refractivity (Wildman–Crippen MR) is 69.8 cm³/mol. The summed E-state index contributed by atoms with van der Waals surface area (Å²) in [6, 6.07) is 12.2. The van der Waals surface area contributed by atoms with E-state index in [1.165, 1.54) is 0 Å². The molecule has 2 aromatic rings.